The molecule has 0 amide bonds. The Balaban J connectivity index is 0.929. The van der Waals surface area contributed by atoms with Crippen molar-refractivity contribution >= 4 is 23.5 Å². The summed E-state index contributed by atoms with van der Waals surface area (Å²) in [5.41, 5.74) is -1.10. The Bertz CT molecular complexity index is 1600. The monoisotopic (exact) mass is 709 g/mol. The van der Waals surface area contributed by atoms with E-state index in [1.54, 1.807) is 24.3 Å². The zero-order valence-corrected chi connectivity index (χ0v) is 29.2. The van der Waals surface area contributed by atoms with E-state index in [0.29, 0.717) is 50.3 Å². The fourth-order valence-electron chi connectivity index (χ4n) is 9.67. The third-order valence-corrected chi connectivity index (χ3v) is 12.5. The molecule has 7 atom stereocenters. The number of esters is 2. The van der Waals surface area contributed by atoms with Crippen molar-refractivity contribution < 1.29 is 48.8 Å². The average molecular weight is 710 g/mol. The van der Waals surface area contributed by atoms with Gasteiger partial charge in [-0.05, 0) is 73.8 Å². The first-order chi connectivity index (χ1) is 24.2. The first-order valence-corrected chi connectivity index (χ1v) is 17.8. The maximum absolute atomic E-state index is 13.6. The normalized spacial score (nSPS) is 33.3. The summed E-state index contributed by atoms with van der Waals surface area (Å²) in [5, 5.41) is 33.0. The number of aliphatic hydroxyl groups is 2. The van der Waals surface area contributed by atoms with Crippen LogP contribution in [0.1, 0.15) is 61.9 Å². The standard InChI is InChI=1S/C37H47N3O11/c1-35-11-9-27(41)19-26(35)7-8-28-29-10-12-37(46,36(29,2)20-30(42)33(28)35)31(43)23-50-32(44)21-39-15-13-38(14-16-39)17-18-49-34(45)25-5-3-24(4-6-25)22-51-40(47)48/h3-6,9,11,19,28-30,33,42,46H,7-8,10,12-18,20-23H2,1-2H3/t28?,29?,30?,33?,35-,36-,37-/m0/s1. The average Bonchev–Trinajstić information content (AvgIpc) is 3.37. The Morgan fingerprint density at radius 3 is 2.45 bits per heavy atom. The van der Waals surface area contributed by atoms with E-state index >= 15 is 0 Å². The molecule has 2 N–H and O–H groups in total. The molecule has 4 aliphatic carbocycles. The summed E-state index contributed by atoms with van der Waals surface area (Å²) >= 11 is 0. The van der Waals surface area contributed by atoms with Crippen LogP contribution in [0.2, 0.25) is 0 Å². The van der Waals surface area contributed by atoms with Crippen molar-refractivity contribution in [2.45, 2.75) is 64.3 Å². The van der Waals surface area contributed by atoms with E-state index in [1.165, 1.54) is 12.1 Å². The van der Waals surface area contributed by atoms with Gasteiger partial charge in [0.25, 0.3) is 5.09 Å². The molecule has 1 saturated heterocycles. The van der Waals surface area contributed by atoms with Gasteiger partial charge < -0.3 is 24.5 Å². The summed E-state index contributed by atoms with van der Waals surface area (Å²) in [6, 6.07) is 6.17. The van der Waals surface area contributed by atoms with Gasteiger partial charge in [-0.1, -0.05) is 37.6 Å². The first kappa shape index (κ1) is 36.8. The number of carbonyl (C=O) groups excluding carboxylic acids is 4. The number of piperazine rings is 1. The van der Waals surface area contributed by atoms with E-state index in [1.807, 2.05) is 17.9 Å². The number of fused-ring (bicyclic) bond motifs is 5. The molecule has 1 aromatic rings. The van der Waals surface area contributed by atoms with Gasteiger partial charge in [-0.15, -0.1) is 10.1 Å². The van der Waals surface area contributed by atoms with Crippen LogP contribution in [0.15, 0.2) is 48.1 Å². The number of aliphatic hydroxyl groups excluding tert-OH is 1. The Labute approximate surface area is 296 Å². The van der Waals surface area contributed by atoms with Crippen molar-refractivity contribution in [3.63, 3.8) is 0 Å². The van der Waals surface area contributed by atoms with E-state index < -0.39 is 52.0 Å². The SMILES string of the molecule is C[C@]12C=CC(=O)C=C1CCC1C2C(O)C[C@@]2(C)C1CC[C@]2(O)C(=O)COC(=O)CN1CCN(CCOC(=O)c2ccc(CO[N+](=O)[O-])cc2)CC1. The lowest BCUT2D eigenvalue weighted by Gasteiger charge is -2.59. The second-order valence-electron chi connectivity index (χ2n) is 15.1. The molecule has 51 heavy (non-hydrogen) atoms. The van der Waals surface area contributed by atoms with E-state index in [0.717, 1.165) is 18.4 Å². The number of allylic oxidation sites excluding steroid dienone is 4. The van der Waals surface area contributed by atoms with Crippen LogP contribution in [0.25, 0.3) is 0 Å². The van der Waals surface area contributed by atoms with Crippen molar-refractivity contribution in [2.75, 3.05) is 52.5 Å². The Morgan fingerprint density at radius 2 is 1.75 bits per heavy atom. The molecular weight excluding hydrogens is 662 g/mol. The number of rotatable bonds is 12. The third-order valence-electron chi connectivity index (χ3n) is 12.5. The van der Waals surface area contributed by atoms with Gasteiger partial charge in [0.1, 0.15) is 18.8 Å². The van der Waals surface area contributed by atoms with Gasteiger partial charge in [-0.3, -0.25) is 24.2 Å². The van der Waals surface area contributed by atoms with Gasteiger partial charge in [0.05, 0.1) is 18.2 Å². The predicted octanol–water partition coefficient (Wildman–Crippen LogP) is 2.29. The highest BCUT2D eigenvalue weighted by Gasteiger charge is 2.68. The topological polar surface area (TPSA) is 186 Å². The maximum Gasteiger partial charge on any atom is 0.338 e. The van der Waals surface area contributed by atoms with E-state index in [4.69, 9.17) is 9.47 Å². The molecule has 4 unspecified atom stereocenters. The van der Waals surface area contributed by atoms with Crippen molar-refractivity contribution in [1.82, 2.24) is 9.80 Å². The summed E-state index contributed by atoms with van der Waals surface area (Å²) in [7, 11) is 0. The molecule has 3 saturated carbocycles. The van der Waals surface area contributed by atoms with Crippen molar-refractivity contribution in [3.8, 4) is 0 Å². The summed E-state index contributed by atoms with van der Waals surface area (Å²) in [4.78, 5) is 69.6. The zero-order valence-electron chi connectivity index (χ0n) is 29.2. The lowest BCUT2D eigenvalue weighted by atomic mass is 9.46. The number of hydrogen-bond acceptors (Lipinski definition) is 13. The van der Waals surface area contributed by atoms with Crippen molar-refractivity contribution in [3.05, 3.63) is 69.3 Å². The number of ether oxygens (including phenoxy) is 2. The minimum atomic E-state index is -1.72. The minimum Gasteiger partial charge on any atom is -0.461 e. The van der Waals surface area contributed by atoms with Gasteiger partial charge in [0.15, 0.2) is 12.4 Å². The summed E-state index contributed by atoms with van der Waals surface area (Å²) in [6.45, 7) is 6.37. The predicted molar refractivity (Wildman–Crippen MR) is 180 cm³/mol. The second kappa shape index (κ2) is 14.6. The summed E-state index contributed by atoms with van der Waals surface area (Å²) < 4.78 is 10.8. The molecule has 14 heteroatoms. The largest absolute Gasteiger partial charge is 0.461 e. The van der Waals surface area contributed by atoms with Crippen LogP contribution in [0.3, 0.4) is 0 Å². The lowest BCUT2D eigenvalue weighted by Crippen LogP contribution is -2.61. The van der Waals surface area contributed by atoms with Gasteiger partial charge >= 0.3 is 11.9 Å². The highest BCUT2D eigenvalue weighted by atomic mass is 16.9. The van der Waals surface area contributed by atoms with E-state index in [-0.39, 0.29) is 56.1 Å². The molecule has 14 nitrogen and oxygen atoms in total. The number of nitrogens with zero attached hydrogens (tertiary/aromatic N) is 3. The van der Waals surface area contributed by atoms with Crippen LogP contribution in [-0.2, 0) is 35.3 Å². The third kappa shape index (κ3) is 7.24. The molecule has 4 fully saturated rings. The highest BCUT2D eigenvalue weighted by molar-refractivity contribution is 6.01. The number of carbonyl (C=O) groups is 4. The number of benzene rings is 1. The van der Waals surface area contributed by atoms with Gasteiger partial charge in [0.2, 0.25) is 5.78 Å². The molecule has 0 spiro atoms. The smallest absolute Gasteiger partial charge is 0.338 e. The molecule has 0 bridgehead atoms. The Hall–Kier alpha value is -3.98. The summed E-state index contributed by atoms with van der Waals surface area (Å²) in [6.07, 6.45) is 7.11. The molecule has 276 valence electrons. The quantitative estimate of drug-likeness (QED) is 0.183. The molecule has 0 radical (unpaired) electrons. The van der Waals surface area contributed by atoms with Crippen LogP contribution in [0.5, 0.6) is 0 Å². The molecule has 0 aromatic heterocycles. The molecule has 5 aliphatic rings. The van der Waals surface area contributed by atoms with Gasteiger partial charge in [-0.2, -0.15) is 0 Å². The Kier molecular flexibility index (Phi) is 10.5. The lowest BCUT2D eigenvalue weighted by molar-refractivity contribution is -0.763. The fourth-order valence-corrected chi connectivity index (χ4v) is 9.67. The Morgan fingerprint density at radius 1 is 1.04 bits per heavy atom. The summed E-state index contributed by atoms with van der Waals surface area (Å²) in [5.74, 6) is -1.63. The van der Waals surface area contributed by atoms with Crippen LogP contribution in [0, 0.1) is 38.7 Å². The van der Waals surface area contributed by atoms with Crippen LogP contribution in [-0.4, -0.2) is 113 Å². The number of ketones is 2. The van der Waals surface area contributed by atoms with Crippen LogP contribution >= 0.6 is 0 Å². The van der Waals surface area contributed by atoms with E-state index in [9.17, 15) is 39.5 Å². The van der Waals surface area contributed by atoms with Crippen molar-refractivity contribution in [1.29, 1.82) is 0 Å². The van der Waals surface area contributed by atoms with E-state index in [2.05, 4.69) is 16.7 Å². The number of hydrogen-bond donors (Lipinski definition) is 2. The van der Waals surface area contributed by atoms with Gasteiger partial charge in [0, 0.05) is 49.5 Å². The minimum absolute atomic E-state index is 0.00402. The van der Waals surface area contributed by atoms with Crippen LogP contribution in [0.4, 0.5) is 0 Å². The maximum atomic E-state index is 13.6. The first-order valence-electron chi connectivity index (χ1n) is 17.8. The zero-order chi connectivity index (χ0) is 36.6. The molecule has 6 rings (SSSR count). The molecule has 1 aliphatic heterocycles. The molecule has 1 heterocycles. The number of Topliss-reactive ketones (excluding diaryl/α,β-unsaturated/α-hetero) is 1. The molecule has 1 aromatic carbocycles. The highest BCUT2D eigenvalue weighted by Crippen LogP contribution is 2.67. The van der Waals surface area contributed by atoms with Crippen molar-refractivity contribution in [2.24, 2.45) is 28.6 Å². The second-order valence-corrected chi connectivity index (χ2v) is 15.1. The van der Waals surface area contributed by atoms with Crippen LogP contribution < -0.4 is 0 Å². The van der Waals surface area contributed by atoms with Gasteiger partial charge in [-0.25, -0.2) is 4.79 Å². The fraction of sp³-hybridized carbons (Fsp3) is 0.622. The molecular formula is C37H47N3O11.